The van der Waals surface area contributed by atoms with Gasteiger partial charge in [-0.3, -0.25) is 4.79 Å². The van der Waals surface area contributed by atoms with E-state index in [2.05, 4.69) is 10.0 Å². The summed E-state index contributed by atoms with van der Waals surface area (Å²) in [5.41, 5.74) is -0.437. The van der Waals surface area contributed by atoms with E-state index in [9.17, 15) is 13.2 Å². The second kappa shape index (κ2) is 6.83. The minimum absolute atomic E-state index is 0.0664. The van der Waals surface area contributed by atoms with E-state index in [0.717, 1.165) is 0 Å². The summed E-state index contributed by atoms with van der Waals surface area (Å²) in [6, 6.07) is 7.84. The molecular formula is C13H20N2O4S. The van der Waals surface area contributed by atoms with Gasteiger partial charge in [0.25, 0.3) is 0 Å². The Morgan fingerprint density at radius 3 is 2.40 bits per heavy atom. The van der Waals surface area contributed by atoms with Gasteiger partial charge in [-0.2, -0.15) is 0 Å². The number of nitrogens with one attached hydrogen (secondary N) is 2. The first kappa shape index (κ1) is 16.6. The van der Waals surface area contributed by atoms with Crippen molar-refractivity contribution in [3.63, 3.8) is 0 Å². The molecule has 3 N–H and O–H groups in total. The third-order valence-corrected chi connectivity index (χ3v) is 4.09. The summed E-state index contributed by atoms with van der Waals surface area (Å²) in [6.07, 6.45) is 0. The second-order valence-electron chi connectivity index (χ2n) is 5.24. The molecule has 20 heavy (non-hydrogen) atoms. The number of sulfonamides is 1. The van der Waals surface area contributed by atoms with Gasteiger partial charge in [0.05, 0.1) is 11.4 Å². The van der Waals surface area contributed by atoms with Crippen LogP contribution in [-0.4, -0.2) is 39.1 Å². The highest BCUT2D eigenvalue weighted by molar-refractivity contribution is 7.89. The summed E-state index contributed by atoms with van der Waals surface area (Å²) in [7, 11) is -3.67. The Balaban J connectivity index is 2.49. The van der Waals surface area contributed by atoms with Crippen molar-refractivity contribution in [1.29, 1.82) is 0 Å². The SMILES string of the molecule is CC(C)(CO)CNC(=O)CNS(=O)(=O)c1ccccc1. The molecule has 0 aromatic heterocycles. The van der Waals surface area contributed by atoms with Gasteiger partial charge in [0.15, 0.2) is 0 Å². The maximum Gasteiger partial charge on any atom is 0.241 e. The molecule has 1 amide bonds. The summed E-state index contributed by atoms with van der Waals surface area (Å²) in [5, 5.41) is 11.6. The van der Waals surface area contributed by atoms with E-state index in [1.54, 1.807) is 32.0 Å². The predicted octanol–water partition coefficient (Wildman–Crippen LogP) is 0.0996. The predicted molar refractivity (Wildman–Crippen MR) is 75.5 cm³/mol. The van der Waals surface area contributed by atoms with E-state index >= 15 is 0 Å². The molecule has 112 valence electrons. The molecule has 0 unspecified atom stereocenters. The number of aliphatic hydroxyl groups is 1. The molecule has 6 nitrogen and oxygen atoms in total. The first-order valence-electron chi connectivity index (χ1n) is 6.19. The topological polar surface area (TPSA) is 95.5 Å². The highest BCUT2D eigenvalue weighted by Gasteiger charge is 2.19. The van der Waals surface area contributed by atoms with Crippen LogP contribution in [0.2, 0.25) is 0 Å². The van der Waals surface area contributed by atoms with Crippen molar-refractivity contribution in [1.82, 2.24) is 10.0 Å². The number of aliphatic hydroxyl groups excluding tert-OH is 1. The van der Waals surface area contributed by atoms with Gasteiger partial charge in [-0.15, -0.1) is 0 Å². The van der Waals surface area contributed by atoms with E-state index in [1.165, 1.54) is 12.1 Å². The Kier molecular flexibility index (Phi) is 5.67. The lowest BCUT2D eigenvalue weighted by Crippen LogP contribution is -2.41. The lowest BCUT2D eigenvalue weighted by Gasteiger charge is -2.21. The van der Waals surface area contributed by atoms with Crippen LogP contribution in [0.5, 0.6) is 0 Å². The van der Waals surface area contributed by atoms with Gasteiger partial charge in [-0.05, 0) is 12.1 Å². The van der Waals surface area contributed by atoms with Crippen molar-refractivity contribution in [3.05, 3.63) is 30.3 Å². The highest BCUT2D eigenvalue weighted by Crippen LogP contribution is 2.11. The molecule has 0 bridgehead atoms. The molecule has 7 heteroatoms. The molecule has 0 aliphatic carbocycles. The van der Waals surface area contributed by atoms with E-state index in [1.807, 2.05) is 0 Å². The molecule has 1 aromatic carbocycles. The zero-order valence-electron chi connectivity index (χ0n) is 11.6. The van der Waals surface area contributed by atoms with Gasteiger partial charge in [0, 0.05) is 18.6 Å². The van der Waals surface area contributed by atoms with Crippen LogP contribution in [0.25, 0.3) is 0 Å². The van der Waals surface area contributed by atoms with E-state index < -0.39 is 21.3 Å². The third kappa shape index (κ3) is 5.28. The molecule has 1 rings (SSSR count). The molecule has 0 atom stereocenters. The number of rotatable bonds is 7. The molecule has 0 fully saturated rings. The zero-order valence-corrected chi connectivity index (χ0v) is 12.4. The van der Waals surface area contributed by atoms with Gasteiger partial charge >= 0.3 is 0 Å². The Bertz CT molecular complexity index is 541. The summed E-state index contributed by atoms with van der Waals surface area (Å²) in [6.45, 7) is 3.46. The summed E-state index contributed by atoms with van der Waals surface area (Å²) >= 11 is 0. The van der Waals surface area contributed by atoms with Crippen LogP contribution in [0.15, 0.2) is 35.2 Å². The smallest absolute Gasteiger partial charge is 0.241 e. The van der Waals surface area contributed by atoms with Gasteiger partial charge in [0.1, 0.15) is 0 Å². The summed E-state index contributed by atoms with van der Waals surface area (Å²) in [4.78, 5) is 11.7. The monoisotopic (exact) mass is 300 g/mol. The minimum Gasteiger partial charge on any atom is -0.396 e. The van der Waals surface area contributed by atoms with Crippen molar-refractivity contribution >= 4 is 15.9 Å². The Labute approximate surface area is 119 Å². The first-order chi connectivity index (χ1) is 9.27. The standard InChI is InChI=1S/C13H20N2O4S/c1-13(2,10-16)9-14-12(17)8-15-20(18,19)11-6-4-3-5-7-11/h3-7,15-16H,8-10H2,1-2H3,(H,14,17). The minimum atomic E-state index is -3.67. The molecule has 1 aromatic rings. The van der Waals surface area contributed by atoms with Crippen LogP contribution in [0.1, 0.15) is 13.8 Å². The number of amides is 1. The van der Waals surface area contributed by atoms with Crippen molar-refractivity contribution in [2.45, 2.75) is 18.7 Å². The zero-order chi connectivity index (χ0) is 15.2. The number of hydrogen-bond acceptors (Lipinski definition) is 4. The second-order valence-corrected chi connectivity index (χ2v) is 7.00. The number of carbonyl (C=O) groups excluding carboxylic acids is 1. The highest BCUT2D eigenvalue weighted by atomic mass is 32.2. The fraction of sp³-hybridized carbons (Fsp3) is 0.462. The third-order valence-electron chi connectivity index (χ3n) is 2.67. The average molecular weight is 300 g/mol. The fourth-order valence-corrected chi connectivity index (χ4v) is 2.30. The first-order valence-corrected chi connectivity index (χ1v) is 7.67. The molecule has 0 aliphatic heterocycles. The summed E-state index contributed by atoms with van der Waals surface area (Å²) < 4.78 is 26.0. The molecule has 0 heterocycles. The van der Waals surface area contributed by atoms with Gasteiger partial charge < -0.3 is 10.4 Å². The van der Waals surface area contributed by atoms with Crippen LogP contribution >= 0.6 is 0 Å². The van der Waals surface area contributed by atoms with Crippen LogP contribution in [-0.2, 0) is 14.8 Å². The lowest BCUT2D eigenvalue weighted by molar-refractivity contribution is -0.120. The van der Waals surface area contributed by atoms with Crippen LogP contribution in [0, 0.1) is 5.41 Å². The van der Waals surface area contributed by atoms with E-state index in [-0.39, 0.29) is 24.6 Å². The van der Waals surface area contributed by atoms with Crippen molar-refractivity contribution in [2.24, 2.45) is 5.41 Å². The Hall–Kier alpha value is -1.44. The van der Waals surface area contributed by atoms with Crippen LogP contribution in [0.3, 0.4) is 0 Å². The van der Waals surface area contributed by atoms with Crippen molar-refractivity contribution in [3.8, 4) is 0 Å². The normalized spacial score (nSPS) is 12.2. The Morgan fingerprint density at radius 2 is 1.85 bits per heavy atom. The molecule has 0 radical (unpaired) electrons. The molecular weight excluding hydrogens is 280 g/mol. The largest absolute Gasteiger partial charge is 0.396 e. The van der Waals surface area contributed by atoms with Gasteiger partial charge in [-0.1, -0.05) is 32.0 Å². The van der Waals surface area contributed by atoms with E-state index in [0.29, 0.717) is 0 Å². The summed E-state index contributed by atoms with van der Waals surface area (Å²) in [5.74, 6) is -0.439. The van der Waals surface area contributed by atoms with Gasteiger partial charge in [0.2, 0.25) is 15.9 Å². The maximum absolute atomic E-state index is 11.9. The number of benzene rings is 1. The number of hydrogen-bond donors (Lipinski definition) is 3. The van der Waals surface area contributed by atoms with E-state index in [4.69, 9.17) is 5.11 Å². The average Bonchev–Trinajstić information content (AvgIpc) is 2.44. The molecule has 0 aliphatic rings. The van der Waals surface area contributed by atoms with Gasteiger partial charge in [-0.25, -0.2) is 13.1 Å². The molecule has 0 spiro atoms. The van der Waals surface area contributed by atoms with Crippen molar-refractivity contribution < 1.29 is 18.3 Å². The van der Waals surface area contributed by atoms with Crippen molar-refractivity contribution in [2.75, 3.05) is 19.7 Å². The lowest BCUT2D eigenvalue weighted by atomic mass is 9.95. The number of carbonyl (C=O) groups is 1. The Morgan fingerprint density at radius 1 is 1.25 bits per heavy atom. The molecule has 0 saturated heterocycles. The fourth-order valence-electron chi connectivity index (χ4n) is 1.30. The maximum atomic E-state index is 11.9. The van der Waals surface area contributed by atoms with Crippen LogP contribution in [0.4, 0.5) is 0 Å². The van der Waals surface area contributed by atoms with Crippen LogP contribution < -0.4 is 10.0 Å². The molecule has 0 saturated carbocycles. The quantitative estimate of drug-likeness (QED) is 0.665.